The van der Waals surface area contributed by atoms with Crippen LogP contribution >= 0.6 is 35.6 Å². The molecule has 1 aliphatic rings. The lowest BCUT2D eigenvalue weighted by Gasteiger charge is -2.10. The van der Waals surface area contributed by atoms with E-state index in [0.29, 0.717) is 27.3 Å². The minimum atomic E-state index is -0.0856. The summed E-state index contributed by atoms with van der Waals surface area (Å²) in [7, 11) is 0. The van der Waals surface area contributed by atoms with E-state index in [1.807, 2.05) is 48.9 Å². The Bertz CT molecular complexity index is 933. The molecule has 1 amide bonds. The van der Waals surface area contributed by atoms with E-state index in [1.54, 1.807) is 11.0 Å². The van der Waals surface area contributed by atoms with Crippen LogP contribution in [0.4, 0.5) is 0 Å². The Hall–Kier alpha value is -1.89. The van der Waals surface area contributed by atoms with E-state index in [1.165, 1.54) is 11.8 Å². The third-order valence-electron chi connectivity index (χ3n) is 4.18. The minimum Gasteiger partial charge on any atom is -0.289 e. The number of amides is 1. The van der Waals surface area contributed by atoms with Crippen molar-refractivity contribution >= 4 is 51.9 Å². The van der Waals surface area contributed by atoms with E-state index in [9.17, 15) is 4.79 Å². The van der Waals surface area contributed by atoms with Gasteiger partial charge in [-0.3, -0.25) is 14.4 Å². The monoisotopic (exact) mass is 403 g/mol. The lowest BCUT2D eigenvalue weighted by atomic mass is 10.1. The predicted molar refractivity (Wildman–Crippen MR) is 112 cm³/mol. The summed E-state index contributed by atoms with van der Waals surface area (Å²) in [6, 6.07) is 7.72. The molecule has 2 aromatic rings. The molecule has 1 aromatic heterocycles. The normalized spacial score (nSPS) is 16.0. The highest BCUT2D eigenvalue weighted by Gasteiger charge is 2.31. The first kappa shape index (κ1) is 18.9. The van der Waals surface area contributed by atoms with Gasteiger partial charge in [0.2, 0.25) is 0 Å². The fraction of sp³-hybridized carbons (Fsp3) is 0.211. The molecule has 1 aromatic carbocycles. The molecule has 0 saturated carbocycles. The Labute approximate surface area is 167 Å². The van der Waals surface area contributed by atoms with Crippen molar-refractivity contribution in [1.29, 1.82) is 0 Å². The highest BCUT2D eigenvalue weighted by Crippen LogP contribution is 2.33. The number of benzene rings is 1. The standard InChI is InChI=1S/C19H18ClN3OS2/c1-4-9-22-18(24)17(26-19(22)25)10-15-12(2)21-23(13(15)3)11-14-7-5-6-8-16(14)20/h4-8,10H,1,9,11H2,2-3H3/b17-10-. The van der Waals surface area contributed by atoms with Gasteiger partial charge in [0.05, 0.1) is 17.1 Å². The number of rotatable bonds is 5. The number of halogens is 1. The fourth-order valence-electron chi connectivity index (χ4n) is 2.78. The summed E-state index contributed by atoms with van der Waals surface area (Å²) in [5.74, 6) is -0.0856. The first-order valence-electron chi connectivity index (χ1n) is 8.06. The summed E-state index contributed by atoms with van der Waals surface area (Å²) >= 11 is 12.9. The summed E-state index contributed by atoms with van der Waals surface area (Å²) in [6.07, 6.45) is 3.55. The van der Waals surface area contributed by atoms with Crippen LogP contribution in [0, 0.1) is 13.8 Å². The van der Waals surface area contributed by atoms with Crippen molar-refractivity contribution in [3.8, 4) is 0 Å². The molecule has 2 heterocycles. The Morgan fingerprint density at radius 2 is 2.08 bits per heavy atom. The van der Waals surface area contributed by atoms with Crippen LogP contribution in [0.1, 0.15) is 22.5 Å². The lowest BCUT2D eigenvalue weighted by Crippen LogP contribution is -2.27. The van der Waals surface area contributed by atoms with Crippen LogP contribution in [0.15, 0.2) is 41.8 Å². The maximum Gasteiger partial charge on any atom is 0.266 e. The van der Waals surface area contributed by atoms with Crippen molar-refractivity contribution in [3.05, 3.63) is 69.4 Å². The van der Waals surface area contributed by atoms with E-state index in [0.717, 1.165) is 22.5 Å². The van der Waals surface area contributed by atoms with Crippen LogP contribution in [-0.4, -0.2) is 31.5 Å². The van der Waals surface area contributed by atoms with E-state index < -0.39 is 0 Å². The van der Waals surface area contributed by atoms with Gasteiger partial charge in [-0.1, -0.05) is 59.9 Å². The van der Waals surface area contributed by atoms with Crippen molar-refractivity contribution in [2.24, 2.45) is 0 Å². The first-order valence-corrected chi connectivity index (χ1v) is 9.66. The number of carbonyl (C=O) groups is 1. The number of thioether (sulfide) groups is 1. The fourth-order valence-corrected chi connectivity index (χ4v) is 4.23. The smallest absolute Gasteiger partial charge is 0.266 e. The molecule has 0 bridgehead atoms. The van der Waals surface area contributed by atoms with E-state index in [-0.39, 0.29) is 5.91 Å². The zero-order valence-electron chi connectivity index (χ0n) is 14.5. The van der Waals surface area contributed by atoms with Gasteiger partial charge >= 0.3 is 0 Å². The summed E-state index contributed by atoms with van der Waals surface area (Å²) in [4.78, 5) is 14.7. The number of carbonyl (C=O) groups excluding carboxylic acids is 1. The Morgan fingerprint density at radius 3 is 2.77 bits per heavy atom. The van der Waals surface area contributed by atoms with Crippen LogP contribution < -0.4 is 0 Å². The molecule has 0 radical (unpaired) electrons. The average molecular weight is 404 g/mol. The molecule has 0 spiro atoms. The van der Waals surface area contributed by atoms with Gasteiger partial charge in [-0.15, -0.1) is 6.58 Å². The number of hydrogen-bond acceptors (Lipinski definition) is 4. The van der Waals surface area contributed by atoms with Crippen LogP contribution in [0.3, 0.4) is 0 Å². The largest absolute Gasteiger partial charge is 0.289 e. The summed E-state index contributed by atoms with van der Waals surface area (Å²) in [5, 5.41) is 5.33. The zero-order chi connectivity index (χ0) is 18.8. The van der Waals surface area contributed by atoms with Gasteiger partial charge in [0.15, 0.2) is 0 Å². The summed E-state index contributed by atoms with van der Waals surface area (Å²) in [6.45, 7) is 8.61. The Kier molecular flexibility index (Phi) is 5.65. The van der Waals surface area contributed by atoms with Gasteiger partial charge in [-0.25, -0.2) is 0 Å². The molecule has 3 rings (SSSR count). The molecule has 7 heteroatoms. The highest BCUT2D eigenvalue weighted by atomic mass is 35.5. The van der Waals surface area contributed by atoms with Crippen molar-refractivity contribution < 1.29 is 4.79 Å². The number of hydrogen-bond donors (Lipinski definition) is 0. The number of aryl methyl sites for hydroxylation is 1. The van der Waals surface area contributed by atoms with Gasteiger partial charge in [-0.05, 0) is 31.6 Å². The molecular formula is C19H18ClN3OS2. The van der Waals surface area contributed by atoms with E-state index in [2.05, 4.69) is 11.7 Å². The van der Waals surface area contributed by atoms with Gasteiger partial charge in [0.1, 0.15) is 4.32 Å². The topological polar surface area (TPSA) is 38.1 Å². The second-order valence-corrected chi connectivity index (χ2v) is 8.00. The van der Waals surface area contributed by atoms with Crippen LogP contribution in [-0.2, 0) is 11.3 Å². The maximum absolute atomic E-state index is 12.5. The van der Waals surface area contributed by atoms with Gasteiger partial charge in [0.25, 0.3) is 5.91 Å². The number of nitrogens with zero attached hydrogens (tertiary/aromatic N) is 3. The third-order valence-corrected chi connectivity index (χ3v) is 5.92. The lowest BCUT2D eigenvalue weighted by molar-refractivity contribution is -0.121. The summed E-state index contributed by atoms with van der Waals surface area (Å²) in [5.41, 5.74) is 3.79. The molecule has 4 nitrogen and oxygen atoms in total. The Balaban J connectivity index is 1.92. The number of thiocarbonyl (C=S) groups is 1. The molecule has 1 aliphatic heterocycles. The molecule has 0 atom stereocenters. The van der Waals surface area contributed by atoms with Crippen molar-refractivity contribution in [2.45, 2.75) is 20.4 Å². The van der Waals surface area contributed by atoms with E-state index in [4.69, 9.17) is 23.8 Å². The molecular weight excluding hydrogens is 386 g/mol. The summed E-state index contributed by atoms with van der Waals surface area (Å²) < 4.78 is 2.47. The first-order chi connectivity index (χ1) is 12.4. The van der Waals surface area contributed by atoms with E-state index >= 15 is 0 Å². The van der Waals surface area contributed by atoms with Crippen molar-refractivity contribution in [1.82, 2.24) is 14.7 Å². The molecule has 1 fully saturated rings. The highest BCUT2D eigenvalue weighted by molar-refractivity contribution is 8.26. The molecule has 1 saturated heterocycles. The van der Waals surface area contributed by atoms with Crippen LogP contribution in [0.5, 0.6) is 0 Å². The molecule has 0 aliphatic carbocycles. The third kappa shape index (κ3) is 3.63. The van der Waals surface area contributed by atoms with Crippen molar-refractivity contribution in [3.63, 3.8) is 0 Å². The minimum absolute atomic E-state index is 0.0856. The second kappa shape index (κ2) is 7.78. The molecule has 26 heavy (non-hydrogen) atoms. The Morgan fingerprint density at radius 1 is 1.35 bits per heavy atom. The van der Waals surface area contributed by atoms with Gasteiger partial charge in [-0.2, -0.15) is 5.10 Å². The van der Waals surface area contributed by atoms with Gasteiger partial charge < -0.3 is 0 Å². The average Bonchev–Trinajstić information content (AvgIpc) is 3.02. The maximum atomic E-state index is 12.5. The zero-order valence-corrected chi connectivity index (χ0v) is 16.9. The van der Waals surface area contributed by atoms with Crippen LogP contribution in [0.2, 0.25) is 5.02 Å². The predicted octanol–water partition coefficient (Wildman–Crippen LogP) is 4.59. The molecule has 0 N–H and O–H groups in total. The molecule has 134 valence electrons. The van der Waals surface area contributed by atoms with Gasteiger partial charge in [0, 0.05) is 22.8 Å². The SMILES string of the molecule is C=CCN1C(=O)/C(=C/c2c(C)nn(Cc3ccccc3Cl)c2C)SC1=S. The van der Waals surface area contributed by atoms with Crippen LogP contribution in [0.25, 0.3) is 6.08 Å². The number of aromatic nitrogens is 2. The van der Waals surface area contributed by atoms with Crippen molar-refractivity contribution in [2.75, 3.05) is 6.54 Å². The second-order valence-electron chi connectivity index (χ2n) is 5.91. The molecule has 0 unspecified atom stereocenters. The quantitative estimate of drug-likeness (QED) is 0.415.